The van der Waals surface area contributed by atoms with E-state index in [1.54, 1.807) is 20.0 Å². The topological polar surface area (TPSA) is 122 Å². The molecule has 1 aromatic rings. The van der Waals surface area contributed by atoms with Crippen molar-refractivity contribution in [2.24, 2.45) is 5.92 Å². The Balaban J connectivity index is 1.79. The van der Waals surface area contributed by atoms with E-state index in [-0.39, 0.29) is 36.6 Å². The van der Waals surface area contributed by atoms with Crippen molar-refractivity contribution in [1.82, 2.24) is 10.2 Å². The Hall–Kier alpha value is -3.09. The summed E-state index contributed by atoms with van der Waals surface area (Å²) in [5, 5.41) is 15.1. The van der Waals surface area contributed by atoms with E-state index in [1.807, 2.05) is 70.9 Å². The molecule has 2 unspecified atom stereocenters. The maximum absolute atomic E-state index is 14.1. The number of rotatable bonds is 6. The van der Waals surface area contributed by atoms with Crippen LogP contribution in [0.4, 0.5) is 5.69 Å². The molecular weight excluding hydrogens is 638 g/mol. The fraction of sp³-hybridized carbons (Fsp3) is 0.611. The average molecular weight is 690 g/mol. The lowest BCUT2D eigenvalue weighted by atomic mass is 9.83. The largest absolute Gasteiger partial charge is 0.495 e. The Morgan fingerprint density at radius 2 is 1.96 bits per heavy atom. The molecule has 0 aliphatic carbocycles. The first kappa shape index (κ1) is 37.7. The van der Waals surface area contributed by atoms with E-state index in [1.165, 1.54) is 19.1 Å². The molecule has 4 rings (SSSR count). The van der Waals surface area contributed by atoms with Crippen LogP contribution in [0.3, 0.4) is 0 Å². The van der Waals surface area contributed by atoms with Gasteiger partial charge in [-0.2, -0.15) is 0 Å². The number of allylic oxidation sites excluding steroid dienone is 3. The Bertz CT molecular complexity index is 1450. The van der Waals surface area contributed by atoms with Gasteiger partial charge in [-0.25, -0.2) is 0 Å². The first-order valence-corrected chi connectivity index (χ1v) is 16.8. The van der Waals surface area contributed by atoms with Crippen molar-refractivity contribution < 1.29 is 38.4 Å². The van der Waals surface area contributed by atoms with Gasteiger partial charge in [0.25, 0.3) is 0 Å². The highest BCUT2D eigenvalue weighted by atomic mass is 35.5. The molecule has 0 saturated carbocycles. The number of nitrogens with one attached hydrogen (secondary N) is 1. The number of amides is 1. The normalized spacial score (nSPS) is 33.6. The molecule has 2 N–H and O–H groups in total. The van der Waals surface area contributed by atoms with Crippen molar-refractivity contribution in [1.29, 1.82) is 0 Å². The Morgan fingerprint density at radius 3 is 2.58 bits per heavy atom. The number of halogens is 1. The number of hydrogen-bond acceptors (Lipinski definition) is 10. The molecule has 48 heavy (non-hydrogen) atoms. The summed E-state index contributed by atoms with van der Waals surface area (Å²) in [6, 6.07) is 3.22. The minimum absolute atomic E-state index is 0.0906. The molecule has 2 fully saturated rings. The predicted octanol–water partition coefficient (Wildman–Crippen LogP) is 4.75. The van der Waals surface area contributed by atoms with Crippen LogP contribution in [0.1, 0.15) is 59.9 Å². The van der Waals surface area contributed by atoms with Crippen molar-refractivity contribution in [2.45, 2.75) is 109 Å². The molecule has 266 valence electrons. The van der Waals surface area contributed by atoms with Gasteiger partial charge < -0.3 is 39.0 Å². The molecule has 2 saturated heterocycles. The van der Waals surface area contributed by atoms with Crippen LogP contribution >= 0.6 is 11.6 Å². The Morgan fingerprint density at radius 1 is 1.27 bits per heavy atom. The molecule has 4 bridgehead atoms. The van der Waals surface area contributed by atoms with Gasteiger partial charge in [-0.3, -0.25) is 14.5 Å². The van der Waals surface area contributed by atoms with Crippen molar-refractivity contribution >= 4 is 29.2 Å². The maximum Gasteiger partial charge on any atom is 0.323 e. The molecule has 12 heteroatoms. The third kappa shape index (κ3) is 7.86. The number of benzene rings is 1. The SMILES string of the molecule is C=C1N[C@]2(O)CC(O1)[C@@H](C)[C@@H]1O[C@@]1(C)C(OC(=O)[C@H](C)N(C)C(C)C)CC(=O)N(C)c1cc(cc(OC)c1Cl)C/C(C)=C/C=C/[C@H]2OC. The van der Waals surface area contributed by atoms with Crippen LogP contribution in [0.2, 0.25) is 5.02 Å². The number of aliphatic hydroxyl groups is 1. The summed E-state index contributed by atoms with van der Waals surface area (Å²) in [5.41, 5.74) is -0.212. The molecule has 3 aliphatic rings. The fourth-order valence-corrected chi connectivity index (χ4v) is 6.88. The zero-order chi connectivity index (χ0) is 35.7. The Kier molecular flexibility index (Phi) is 11.6. The van der Waals surface area contributed by atoms with Crippen molar-refractivity contribution in [3.05, 3.63) is 59.0 Å². The number of fused-ring (bicyclic) bond motifs is 5. The van der Waals surface area contributed by atoms with Gasteiger partial charge in [0.15, 0.2) is 11.6 Å². The monoisotopic (exact) mass is 689 g/mol. The first-order chi connectivity index (χ1) is 22.4. The van der Waals surface area contributed by atoms with Crippen LogP contribution in [-0.2, 0) is 35.0 Å². The molecule has 1 aromatic carbocycles. The lowest BCUT2D eigenvalue weighted by Gasteiger charge is -2.44. The zero-order valence-electron chi connectivity index (χ0n) is 29.8. The minimum Gasteiger partial charge on any atom is -0.495 e. The number of epoxide rings is 1. The summed E-state index contributed by atoms with van der Waals surface area (Å²) in [6.45, 7) is 15.5. The predicted molar refractivity (Wildman–Crippen MR) is 185 cm³/mol. The molecule has 3 aliphatic heterocycles. The van der Waals surface area contributed by atoms with Crippen LogP contribution in [0, 0.1) is 5.92 Å². The molecule has 1 amide bonds. The summed E-state index contributed by atoms with van der Waals surface area (Å²) in [5.74, 6) is -0.456. The summed E-state index contributed by atoms with van der Waals surface area (Å²) in [6.07, 6.45) is 3.40. The number of nitrogens with zero attached hydrogens (tertiary/aromatic N) is 2. The standard InChI is InChI=1S/C36H52ClN3O8/c1-20(2)39(8)23(5)34(42)47-30-18-31(41)40(9)26-16-25(17-27(44-10)32(26)37)15-21(3)13-12-14-29(45-11)36(43)19-28(46-24(6)38-36)22(4)33-35(30,7)48-33/h12-14,16-17,20,22-23,28-30,33,38,43H,6,15,18-19H2,1-5,7-11H3/b14-12+,21-13+/t22-,23+,28?,29-,30?,33+,35+,36+/m1/s1. The van der Waals surface area contributed by atoms with Gasteiger partial charge in [-0.1, -0.05) is 42.3 Å². The first-order valence-electron chi connectivity index (χ1n) is 16.4. The quantitative estimate of drug-likeness (QED) is 0.320. The summed E-state index contributed by atoms with van der Waals surface area (Å²) in [7, 11) is 6.56. The van der Waals surface area contributed by atoms with Gasteiger partial charge >= 0.3 is 5.97 Å². The molecule has 8 atom stereocenters. The highest BCUT2D eigenvalue weighted by Gasteiger charge is 2.64. The molecule has 0 radical (unpaired) electrons. The van der Waals surface area contributed by atoms with E-state index in [0.717, 1.165) is 11.1 Å². The average Bonchev–Trinajstić information content (AvgIpc) is 3.73. The van der Waals surface area contributed by atoms with Crippen molar-refractivity contribution in [2.75, 3.05) is 33.2 Å². The van der Waals surface area contributed by atoms with E-state index in [2.05, 4.69) is 11.9 Å². The number of esters is 1. The summed E-state index contributed by atoms with van der Waals surface area (Å²) >= 11 is 6.76. The van der Waals surface area contributed by atoms with E-state index < -0.39 is 47.8 Å². The van der Waals surface area contributed by atoms with E-state index in [4.69, 9.17) is 35.3 Å². The number of carbonyl (C=O) groups excluding carboxylic acids is 2. The van der Waals surface area contributed by atoms with Gasteiger partial charge in [0.05, 0.1) is 25.3 Å². The van der Waals surface area contributed by atoms with E-state index >= 15 is 0 Å². The van der Waals surface area contributed by atoms with Gasteiger partial charge in [-0.05, 0) is 72.4 Å². The number of carbonyl (C=O) groups is 2. The fourth-order valence-electron chi connectivity index (χ4n) is 6.57. The van der Waals surface area contributed by atoms with Crippen LogP contribution in [0.25, 0.3) is 0 Å². The molecule has 0 aromatic heterocycles. The van der Waals surface area contributed by atoms with Crippen molar-refractivity contribution in [3.8, 4) is 5.75 Å². The van der Waals surface area contributed by atoms with Crippen LogP contribution in [-0.4, -0.2) is 98.0 Å². The number of anilines is 1. The van der Waals surface area contributed by atoms with Gasteiger partial charge in [0, 0.05) is 32.5 Å². The summed E-state index contributed by atoms with van der Waals surface area (Å²) in [4.78, 5) is 31.0. The Labute approximate surface area is 289 Å². The second-order valence-corrected chi connectivity index (χ2v) is 14.2. The highest BCUT2D eigenvalue weighted by molar-refractivity contribution is 6.35. The lowest BCUT2D eigenvalue weighted by Crippen LogP contribution is -2.60. The third-order valence-corrected chi connectivity index (χ3v) is 10.4. The molecule has 0 spiro atoms. The lowest BCUT2D eigenvalue weighted by molar-refractivity contribution is -0.160. The second-order valence-electron chi connectivity index (χ2n) is 13.8. The summed E-state index contributed by atoms with van der Waals surface area (Å²) < 4.78 is 29.9. The van der Waals surface area contributed by atoms with Crippen molar-refractivity contribution in [3.63, 3.8) is 0 Å². The van der Waals surface area contributed by atoms with Crippen LogP contribution in [0.5, 0.6) is 5.75 Å². The van der Waals surface area contributed by atoms with Gasteiger partial charge in [0.1, 0.15) is 40.7 Å². The van der Waals surface area contributed by atoms with Gasteiger partial charge in [0.2, 0.25) is 5.91 Å². The number of hydrogen-bond donors (Lipinski definition) is 2. The molecule has 3 heterocycles. The highest BCUT2D eigenvalue weighted by Crippen LogP contribution is 2.49. The van der Waals surface area contributed by atoms with E-state index in [0.29, 0.717) is 22.9 Å². The second kappa shape index (κ2) is 14.8. The molecule has 11 nitrogen and oxygen atoms in total. The van der Waals surface area contributed by atoms with Crippen LogP contribution < -0.4 is 15.0 Å². The number of ether oxygens (including phenoxy) is 5. The maximum atomic E-state index is 14.1. The smallest absolute Gasteiger partial charge is 0.323 e. The van der Waals surface area contributed by atoms with Crippen LogP contribution in [0.15, 0.2) is 48.4 Å². The van der Waals surface area contributed by atoms with E-state index in [9.17, 15) is 14.7 Å². The number of methoxy groups -OCH3 is 2. The van der Waals surface area contributed by atoms with Gasteiger partial charge in [-0.15, -0.1) is 0 Å². The minimum atomic E-state index is -1.53. The molecular formula is C36H52ClN3O8. The third-order valence-electron chi connectivity index (χ3n) is 10.0. The number of likely N-dealkylation sites (N-methyl/N-ethyl adjacent to an activating group) is 1. The zero-order valence-corrected chi connectivity index (χ0v) is 30.6.